The van der Waals surface area contributed by atoms with Crippen molar-refractivity contribution < 1.29 is 51.4 Å². The lowest BCUT2D eigenvalue weighted by atomic mass is 9.85. The first kappa shape index (κ1) is 61.3. The number of aromatic nitrogens is 3. The number of hydrogen-bond donors (Lipinski definition) is 6. The number of amides is 6. The van der Waals surface area contributed by atoms with Gasteiger partial charge < -0.3 is 51.0 Å². The SMILES string of the molecule is Cc1ncsc1-c1ccc(CNC(=O)[C@@H]2C[C@@H](O)CN2C(=O)[C@@H](NC(=O)CCNC(=O)CCC(=O)N2CCN(c3ccc(-c4cc(NC(=O)c5c[nH]c(=O)cc5C(F)(F)F)c(N5C[C@@H](C)N(C)[C@@H](C)C5)cc4F)cn3)CC2)C(C)(C)C)cc1. The second-order valence-electron chi connectivity index (χ2n) is 22.5. The lowest BCUT2D eigenvalue weighted by Crippen LogP contribution is -2.57. The summed E-state index contributed by atoms with van der Waals surface area (Å²) in [6, 6.07) is 11.9. The number of anilines is 3. The molecule has 3 saturated heterocycles. The second kappa shape index (κ2) is 25.8. The third-order valence-corrected chi connectivity index (χ3v) is 16.5. The molecule has 8 rings (SSSR count). The molecule has 6 amide bonds. The van der Waals surface area contributed by atoms with E-state index in [1.165, 1.54) is 23.2 Å². The van der Waals surface area contributed by atoms with E-state index in [1.807, 2.05) is 61.9 Å². The van der Waals surface area contributed by atoms with E-state index < -0.39 is 81.8 Å². The quantitative estimate of drug-likeness (QED) is 0.0627. The predicted molar refractivity (Wildman–Crippen MR) is 306 cm³/mol. The summed E-state index contributed by atoms with van der Waals surface area (Å²) in [5.74, 6) is -3.45. The van der Waals surface area contributed by atoms with Gasteiger partial charge in [0.2, 0.25) is 35.1 Å². The number of aryl methyl sites for hydroxylation is 1. The van der Waals surface area contributed by atoms with E-state index in [0.29, 0.717) is 62.9 Å². The molecule has 3 aliphatic heterocycles. The van der Waals surface area contributed by atoms with Gasteiger partial charge in [0.1, 0.15) is 23.7 Å². The zero-order chi connectivity index (χ0) is 60.1. The zero-order valence-corrected chi connectivity index (χ0v) is 48.2. The van der Waals surface area contributed by atoms with E-state index in [4.69, 9.17) is 0 Å². The Hall–Kier alpha value is -7.77. The van der Waals surface area contributed by atoms with E-state index in [1.54, 1.807) is 54.7 Å². The van der Waals surface area contributed by atoms with Crippen LogP contribution in [0.2, 0.25) is 0 Å². The van der Waals surface area contributed by atoms with Crippen molar-refractivity contribution in [3.63, 3.8) is 0 Å². The molecule has 0 saturated carbocycles. The normalized spacial score (nSPS) is 19.1. The zero-order valence-electron chi connectivity index (χ0n) is 47.4. The van der Waals surface area contributed by atoms with Crippen LogP contribution in [0, 0.1) is 18.2 Å². The summed E-state index contributed by atoms with van der Waals surface area (Å²) in [4.78, 5) is 113. The Morgan fingerprint density at radius 2 is 1.53 bits per heavy atom. The van der Waals surface area contributed by atoms with Gasteiger partial charge in [-0.2, -0.15) is 13.2 Å². The van der Waals surface area contributed by atoms with E-state index in [0.717, 1.165) is 21.7 Å². The Morgan fingerprint density at radius 3 is 2.16 bits per heavy atom. The van der Waals surface area contributed by atoms with Gasteiger partial charge in [0, 0.05) is 126 Å². The smallest absolute Gasteiger partial charge is 0.391 e. The number of carbonyl (C=O) groups is 6. The molecule has 3 aliphatic rings. The van der Waals surface area contributed by atoms with Crippen molar-refractivity contribution in [1.82, 2.24) is 45.6 Å². The number of aliphatic hydroxyl groups excluding tert-OH is 1. The molecular weight excluding hydrogens is 1100 g/mol. The number of likely N-dealkylation sites (tertiary alicyclic amines) is 1. The van der Waals surface area contributed by atoms with Crippen LogP contribution in [0.3, 0.4) is 0 Å². The highest BCUT2D eigenvalue weighted by atomic mass is 32.1. The fourth-order valence-corrected chi connectivity index (χ4v) is 11.4. The number of halogens is 4. The number of aliphatic hydroxyl groups is 1. The Kier molecular flexibility index (Phi) is 19.1. The first-order valence-corrected chi connectivity index (χ1v) is 28.4. The number of rotatable bonds is 17. The Balaban J connectivity index is 0.802. The fourth-order valence-electron chi connectivity index (χ4n) is 10.5. The van der Waals surface area contributed by atoms with Crippen molar-refractivity contribution in [3.8, 4) is 21.6 Å². The van der Waals surface area contributed by atoms with Gasteiger partial charge in [-0.1, -0.05) is 45.0 Å². The highest BCUT2D eigenvalue weighted by Crippen LogP contribution is 2.38. The van der Waals surface area contributed by atoms with Gasteiger partial charge in [-0.15, -0.1) is 11.3 Å². The number of hydrogen-bond acceptors (Lipinski definition) is 14. The van der Waals surface area contributed by atoms with Crippen LogP contribution < -0.4 is 36.6 Å². The van der Waals surface area contributed by atoms with Crippen molar-refractivity contribution in [2.75, 3.05) is 74.5 Å². The maximum atomic E-state index is 16.2. The highest BCUT2D eigenvalue weighted by Gasteiger charge is 2.45. The summed E-state index contributed by atoms with van der Waals surface area (Å²) < 4.78 is 58.2. The van der Waals surface area contributed by atoms with Gasteiger partial charge in [0.15, 0.2) is 0 Å². The van der Waals surface area contributed by atoms with Crippen LogP contribution in [-0.2, 0) is 36.7 Å². The van der Waals surface area contributed by atoms with Gasteiger partial charge in [-0.25, -0.2) is 14.4 Å². The maximum Gasteiger partial charge on any atom is 0.417 e. The van der Waals surface area contributed by atoms with Gasteiger partial charge >= 0.3 is 6.18 Å². The topological polar surface area (TPSA) is 246 Å². The maximum absolute atomic E-state index is 16.2. The molecule has 0 radical (unpaired) electrons. The van der Waals surface area contributed by atoms with Gasteiger partial charge in [-0.3, -0.25) is 38.5 Å². The number of benzene rings is 2. The van der Waals surface area contributed by atoms with Crippen molar-refractivity contribution in [2.24, 2.45) is 5.41 Å². The molecule has 0 unspecified atom stereocenters. The van der Waals surface area contributed by atoms with Crippen LogP contribution in [0.1, 0.15) is 87.5 Å². The molecule has 83 heavy (non-hydrogen) atoms. The Bertz CT molecular complexity index is 3240. The van der Waals surface area contributed by atoms with E-state index in [2.05, 4.69) is 41.1 Å². The largest absolute Gasteiger partial charge is 0.417 e. The Morgan fingerprint density at radius 1 is 0.843 bits per heavy atom. The van der Waals surface area contributed by atoms with Gasteiger partial charge in [-0.05, 0) is 68.6 Å². The molecule has 0 aliphatic carbocycles. The standard InChI is InChI=1S/C58H70F4N12O8S/c1-33-29-73(30-34(2)70(33)7)45-25-43(59)40(23-44(45)68-54(80)41-28-65-50(78)24-42(41)58(60,61)62)38-12-13-47(64-27-38)71-18-20-72(21-19-71)51(79)15-14-48(76)63-17-16-49(77)69-53(57(4,5)6)56(82)74-31-39(75)22-46(74)55(81)66-26-36-8-10-37(11-9-36)52-35(3)67-32-83-52/h8-13,23-25,27-28,32-34,39,46,53,75H,14-22,26,29-31H2,1-7H3,(H,63,76)(H,65,78)(H,66,81)(H,68,80)(H,69,77)/t33-,34+,39-,46+,53-/m1/s1. The molecule has 6 N–H and O–H groups in total. The molecule has 5 atom stereocenters. The lowest BCUT2D eigenvalue weighted by molar-refractivity contribution is -0.144. The van der Waals surface area contributed by atoms with Crippen LogP contribution in [0.4, 0.5) is 34.8 Å². The number of pyridine rings is 2. The predicted octanol–water partition coefficient (Wildman–Crippen LogP) is 5.55. The minimum atomic E-state index is -5.01. The van der Waals surface area contributed by atoms with Crippen LogP contribution >= 0.6 is 11.3 Å². The summed E-state index contributed by atoms with van der Waals surface area (Å²) >= 11 is 1.54. The van der Waals surface area contributed by atoms with Crippen LogP contribution in [0.25, 0.3) is 21.6 Å². The van der Waals surface area contributed by atoms with Crippen molar-refractivity contribution in [1.29, 1.82) is 0 Å². The van der Waals surface area contributed by atoms with E-state index in [9.17, 15) is 51.8 Å². The average molecular weight is 1170 g/mol. The van der Waals surface area contributed by atoms with Crippen molar-refractivity contribution in [2.45, 2.75) is 110 Å². The van der Waals surface area contributed by atoms with Crippen LogP contribution in [0.5, 0.6) is 0 Å². The first-order valence-electron chi connectivity index (χ1n) is 27.5. The molecule has 2 aromatic carbocycles. The number of aromatic amines is 1. The molecule has 5 aromatic rings. The van der Waals surface area contributed by atoms with Crippen LogP contribution in [0.15, 0.2) is 77.3 Å². The summed E-state index contributed by atoms with van der Waals surface area (Å²) in [5, 5.41) is 21.5. The van der Waals surface area contributed by atoms with Gasteiger partial charge in [0.05, 0.1) is 44.7 Å². The minimum absolute atomic E-state index is 0.0127. The van der Waals surface area contributed by atoms with Gasteiger partial charge in [0.25, 0.3) is 5.91 Å². The Labute approximate surface area is 482 Å². The average Bonchev–Trinajstić information content (AvgIpc) is 3.81. The van der Waals surface area contributed by atoms with E-state index >= 15 is 4.39 Å². The number of nitrogens with zero attached hydrogens (tertiary/aromatic N) is 7. The first-order chi connectivity index (χ1) is 39.2. The van der Waals surface area contributed by atoms with Crippen molar-refractivity contribution in [3.05, 3.63) is 111 Å². The number of likely N-dealkylation sites (N-methyl/N-ethyl adjacent to an activating group) is 1. The lowest BCUT2D eigenvalue weighted by Gasteiger charge is -2.44. The molecule has 20 nitrogen and oxygen atoms in total. The summed E-state index contributed by atoms with van der Waals surface area (Å²) in [6.45, 7) is 13.5. The molecule has 3 fully saturated rings. The highest BCUT2D eigenvalue weighted by molar-refractivity contribution is 7.13. The second-order valence-corrected chi connectivity index (χ2v) is 23.4. The number of carbonyl (C=O) groups excluding carboxylic acids is 6. The molecule has 0 spiro atoms. The monoisotopic (exact) mass is 1170 g/mol. The number of β-amino-alcohol motifs (C(OH)–C–C–N with tert-alkyl or cyclic N) is 1. The third-order valence-electron chi connectivity index (χ3n) is 15.5. The number of H-pyrrole nitrogens is 1. The molecule has 25 heteroatoms. The number of nitrogens with one attached hydrogen (secondary N) is 5. The summed E-state index contributed by atoms with van der Waals surface area (Å²) in [7, 11) is 1.96. The molecular formula is C58H70F4N12O8S. The molecule has 3 aromatic heterocycles. The number of piperazine rings is 2. The van der Waals surface area contributed by atoms with E-state index in [-0.39, 0.29) is 80.2 Å². The number of alkyl halides is 3. The number of thiazole rings is 1. The molecule has 0 bridgehead atoms. The molecule has 444 valence electrons. The third kappa shape index (κ3) is 14.9. The van der Waals surface area contributed by atoms with Crippen LogP contribution in [-0.4, -0.2) is 160 Å². The summed E-state index contributed by atoms with van der Waals surface area (Å²) in [5.41, 5.74) is 1.17. The fraction of sp³-hybridized carbons (Fsp3) is 0.466. The van der Waals surface area contributed by atoms with Crippen molar-refractivity contribution >= 4 is 64.0 Å². The summed E-state index contributed by atoms with van der Waals surface area (Å²) in [6.07, 6.45) is -4.18. The minimum Gasteiger partial charge on any atom is -0.391 e. The molecule has 6 heterocycles.